The number of alkyl halides is 1. The van der Waals surface area contributed by atoms with Crippen LogP contribution in [0.3, 0.4) is 0 Å². The zero-order valence-corrected chi connectivity index (χ0v) is 11.8. The molecule has 0 aliphatic carbocycles. The van der Waals surface area contributed by atoms with Crippen molar-refractivity contribution >= 4 is 34.8 Å². The standard InChI is InChI=1S/C10H13IN2O2S/c1-2-7-6(11)5-8(15-7)13-9(16)3-4-12-10(13)14/h3-4,6-8H,2,5H2,1H3,(H,12,14)/t6?,7-,8-/m1/s1. The lowest BCUT2D eigenvalue weighted by molar-refractivity contribution is -0.00154. The minimum absolute atomic E-state index is 0.196. The topological polar surface area (TPSA) is 47.0 Å². The van der Waals surface area contributed by atoms with Crippen LogP contribution in [0, 0.1) is 4.64 Å². The molecule has 0 radical (unpaired) electrons. The Bertz CT molecular complexity index is 456. The summed E-state index contributed by atoms with van der Waals surface area (Å²) in [5.41, 5.74) is -0.196. The van der Waals surface area contributed by atoms with E-state index in [4.69, 9.17) is 17.0 Å². The highest BCUT2D eigenvalue weighted by molar-refractivity contribution is 14.1. The van der Waals surface area contributed by atoms with E-state index in [0.717, 1.165) is 12.8 Å². The molecule has 1 aromatic heterocycles. The summed E-state index contributed by atoms with van der Waals surface area (Å²) in [5.74, 6) is 0. The summed E-state index contributed by atoms with van der Waals surface area (Å²) < 4.78 is 8.33. The van der Waals surface area contributed by atoms with Crippen molar-refractivity contribution in [2.75, 3.05) is 0 Å². The van der Waals surface area contributed by atoms with Crippen LogP contribution in [0.15, 0.2) is 17.1 Å². The predicted octanol–water partition coefficient (Wildman–Crippen LogP) is 2.41. The summed E-state index contributed by atoms with van der Waals surface area (Å²) >= 11 is 7.52. The average Bonchev–Trinajstić information content (AvgIpc) is 2.59. The maximum atomic E-state index is 11.7. The number of halogens is 1. The van der Waals surface area contributed by atoms with Gasteiger partial charge in [0.05, 0.1) is 6.10 Å². The van der Waals surface area contributed by atoms with E-state index < -0.39 is 0 Å². The van der Waals surface area contributed by atoms with Gasteiger partial charge in [0.25, 0.3) is 0 Å². The van der Waals surface area contributed by atoms with E-state index in [0.29, 0.717) is 8.57 Å². The molecule has 0 spiro atoms. The molecular weight excluding hydrogens is 339 g/mol. The summed E-state index contributed by atoms with van der Waals surface area (Å²) in [5, 5.41) is 0. The van der Waals surface area contributed by atoms with Gasteiger partial charge in [-0.25, -0.2) is 4.79 Å². The van der Waals surface area contributed by atoms with E-state index in [-0.39, 0.29) is 18.0 Å². The number of H-pyrrole nitrogens is 1. The number of ether oxygens (including phenoxy) is 1. The molecule has 1 fully saturated rings. The molecule has 1 unspecified atom stereocenters. The second-order valence-corrected chi connectivity index (χ2v) is 5.80. The molecule has 1 N–H and O–H groups in total. The van der Waals surface area contributed by atoms with E-state index in [1.165, 1.54) is 4.57 Å². The van der Waals surface area contributed by atoms with E-state index in [2.05, 4.69) is 34.5 Å². The highest BCUT2D eigenvalue weighted by atomic mass is 127. The van der Waals surface area contributed by atoms with Crippen LogP contribution in [0.4, 0.5) is 0 Å². The normalized spacial score (nSPS) is 29.5. The van der Waals surface area contributed by atoms with E-state index in [1.807, 2.05) is 0 Å². The molecule has 6 heteroatoms. The highest BCUT2D eigenvalue weighted by Crippen LogP contribution is 2.34. The van der Waals surface area contributed by atoms with Crippen LogP contribution in [-0.4, -0.2) is 19.6 Å². The molecule has 0 saturated carbocycles. The first-order chi connectivity index (χ1) is 7.63. The maximum Gasteiger partial charge on any atom is 0.328 e. The van der Waals surface area contributed by atoms with Crippen LogP contribution in [0.1, 0.15) is 26.0 Å². The molecule has 1 aliphatic heterocycles. The fraction of sp³-hybridized carbons (Fsp3) is 0.600. The molecule has 1 saturated heterocycles. The van der Waals surface area contributed by atoms with Gasteiger partial charge in [-0.05, 0) is 12.5 Å². The van der Waals surface area contributed by atoms with Crippen molar-refractivity contribution < 1.29 is 4.74 Å². The number of nitrogens with zero attached hydrogens (tertiary/aromatic N) is 1. The largest absolute Gasteiger partial charge is 0.353 e. The number of aromatic amines is 1. The van der Waals surface area contributed by atoms with Crippen molar-refractivity contribution in [3.05, 3.63) is 27.4 Å². The molecular formula is C10H13IN2O2S. The smallest absolute Gasteiger partial charge is 0.328 e. The van der Waals surface area contributed by atoms with Crippen LogP contribution >= 0.6 is 34.8 Å². The minimum atomic E-state index is -0.218. The Morgan fingerprint density at radius 2 is 2.50 bits per heavy atom. The van der Waals surface area contributed by atoms with Gasteiger partial charge < -0.3 is 9.72 Å². The lowest BCUT2D eigenvalue weighted by atomic mass is 10.2. The van der Waals surface area contributed by atoms with Gasteiger partial charge in [-0.15, -0.1) is 0 Å². The molecule has 2 heterocycles. The first-order valence-corrected chi connectivity index (χ1v) is 6.88. The number of hydrogen-bond donors (Lipinski definition) is 1. The Morgan fingerprint density at radius 1 is 1.75 bits per heavy atom. The van der Waals surface area contributed by atoms with Crippen LogP contribution in [-0.2, 0) is 4.74 Å². The quantitative estimate of drug-likeness (QED) is 0.505. The second kappa shape index (κ2) is 4.97. The summed E-state index contributed by atoms with van der Waals surface area (Å²) in [6.45, 7) is 2.09. The van der Waals surface area contributed by atoms with Crippen molar-refractivity contribution in [3.63, 3.8) is 0 Å². The predicted molar refractivity (Wildman–Crippen MR) is 72.5 cm³/mol. The fourth-order valence-electron chi connectivity index (χ4n) is 1.91. The third-order valence-corrected chi connectivity index (χ3v) is 4.38. The molecule has 0 amide bonds. The number of aromatic nitrogens is 2. The Labute approximate surface area is 112 Å². The zero-order valence-electron chi connectivity index (χ0n) is 8.85. The van der Waals surface area contributed by atoms with Crippen molar-refractivity contribution in [2.24, 2.45) is 0 Å². The lowest BCUT2D eigenvalue weighted by Gasteiger charge is -2.14. The summed E-state index contributed by atoms with van der Waals surface area (Å²) in [6, 6.07) is 1.71. The van der Waals surface area contributed by atoms with Crippen LogP contribution in [0.2, 0.25) is 0 Å². The monoisotopic (exact) mass is 352 g/mol. The van der Waals surface area contributed by atoms with Crippen LogP contribution < -0.4 is 5.69 Å². The van der Waals surface area contributed by atoms with Gasteiger partial charge in [-0.3, -0.25) is 4.57 Å². The van der Waals surface area contributed by atoms with Crippen molar-refractivity contribution in [3.8, 4) is 0 Å². The first kappa shape index (κ1) is 12.3. The van der Waals surface area contributed by atoms with Gasteiger partial charge in [0.15, 0.2) is 0 Å². The summed E-state index contributed by atoms with van der Waals surface area (Å²) in [6.07, 6.45) is 3.36. The van der Waals surface area contributed by atoms with E-state index in [1.54, 1.807) is 12.3 Å². The Kier molecular flexibility index (Phi) is 3.81. The zero-order chi connectivity index (χ0) is 11.7. The van der Waals surface area contributed by atoms with Gasteiger partial charge in [-0.1, -0.05) is 41.7 Å². The summed E-state index contributed by atoms with van der Waals surface area (Å²) in [4.78, 5) is 14.3. The molecule has 0 bridgehead atoms. The van der Waals surface area contributed by atoms with Crippen LogP contribution in [0.25, 0.3) is 0 Å². The molecule has 1 aromatic rings. The first-order valence-electron chi connectivity index (χ1n) is 5.23. The molecule has 2 rings (SSSR count). The molecule has 1 aliphatic rings. The Morgan fingerprint density at radius 3 is 3.06 bits per heavy atom. The van der Waals surface area contributed by atoms with Crippen molar-refractivity contribution in [1.29, 1.82) is 0 Å². The summed E-state index contributed by atoms with van der Waals surface area (Å²) in [7, 11) is 0. The van der Waals surface area contributed by atoms with Crippen LogP contribution in [0.5, 0.6) is 0 Å². The Balaban J connectivity index is 2.34. The second-order valence-electron chi connectivity index (χ2n) is 3.78. The number of hydrogen-bond acceptors (Lipinski definition) is 3. The van der Waals surface area contributed by atoms with Gasteiger partial charge in [0.1, 0.15) is 10.9 Å². The third-order valence-electron chi connectivity index (χ3n) is 2.74. The van der Waals surface area contributed by atoms with Crippen molar-refractivity contribution in [1.82, 2.24) is 9.55 Å². The van der Waals surface area contributed by atoms with Crippen molar-refractivity contribution in [2.45, 2.75) is 36.0 Å². The van der Waals surface area contributed by atoms with E-state index in [9.17, 15) is 4.79 Å². The highest BCUT2D eigenvalue weighted by Gasteiger charge is 2.33. The molecule has 4 nitrogen and oxygen atoms in total. The molecule has 88 valence electrons. The van der Waals surface area contributed by atoms with E-state index >= 15 is 0 Å². The van der Waals surface area contributed by atoms with Gasteiger partial charge >= 0.3 is 5.69 Å². The molecule has 3 atom stereocenters. The Hall–Kier alpha value is -0.210. The maximum absolute atomic E-state index is 11.7. The number of nitrogens with one attached hydrogen (secondary N) is 1. The molecule has 16 heavy (non-hydrogen) atoms. The molecule has 0 aromatic carbocycles. The number of rotatable bonds is 2. The van der Waals surface area contributed by atoms with Gasteiger partial charge in [-0.2, -0.15) is 0 Å². The van der Waals surface area contributed by atoms with Gasteiger partial charge in [0.2, 0.25) is 0 Å². The SMILES string of the molecule is CC[C@H]1O[C@@H](n2c(=S)cc[nH]c2=O)CC1I. The lowest BCUT2D eigenvalue weighted by Crippen LogP contribution is -2.27. The van der Waals surface area contributed by atoms with Gasteiger partial charge in [0, 0.05) is 16.5 Å². The minimum Gasteiger partial charge on any atom is -0.353 e. The fourth-order valence-corrected chi connectivity index (χ4v) is 3.29. The average molecular weight is 352 g/mol. The third kappa shape index (κ3) is 2.23.